The van der Waals surface area contributed by atoms with Gasteiger partial charge in [-0.1, -0.05) is 6.92 Å². The van der Waals surface area contributed by atoms with Crippen molar-refractivity contribution in [1.29, 1.82) is 5.26 Å². The highest BCUT2D eigenvalue weighted by atomic mass is 16.5. The Morgan fingerprint density at radius 3 is 2.55 bits per heavy atom. The van der Waals surface area contributed by atoms with Crippen molar-refractivity contribution in [3.05, 3.63) is 29.8 Å². The second-order valence-electron chi connectivity index (χ2n) is 4.16. The van der Waals surface area contributed by atoms with Crippen LogP contribution in [0, 0.1) is 11.3 Å². The van der Waals surface area contributed by atoms with Crippen molar-refractivity contribution in [3.8, 4) is 11.8 Å². The highest BCUT2D eigenvalue weighted by Gasteiger charge is 2.09. The van der Waals surface area contributed by atoms with Crippen LogP contribution in [0.25, 0.3) is 0 Å². The van der Waals surface area contributed by atoms with Gasteiger partial charge in [0.25, 0.3) is 0 Å². The molecule has 0 saturated carbocycles. The lowest BCUT2D eigenvalue weighted by Crippen LogP contribution is -2.34. The molecule has 0 aromatic heterocycles. The number of likely N-dealkylation sites (N-methyl/N-ethyl adjacent to an activating group) is 1. The van der Waals surface area contributed by atoms with Gasteiger partial charge in [0.15, 0.2) is 0 Å². The molecule has 0 heterocycles. The van der Waals surface area contributed by atoms with Crippen molar-refractivity contribution in [2.24, 2.45) is 0 Å². The molecule has 5 nitrogen and oxygen atoms in total. The van der Waals surface area contributed by atoms with E-state index in [1.807, 2.05) is 11.8 Å². The highest BCUT2D eigenvalue weighted by molar-refractivity contribution is 5.71. The summed E-state index contributed by atoms with van der Waals surface area (Å²) in [5.41, 5.74) is 0.606. The summed E-state index contributed by atoms with van der Waals surface area (Å²) in [6, 6.07) is 9.01. The Morgan fingerprint density at radius 2 is 2.00 bits per heavy atom. The SMILES string of the molecule is CCOC(=O)CN(CC)CCOc1ccc(C#N)cc1. The van der Waals surface area contributed by atoms with Crippen molar-refractivity contribution in [3.63, 3.8) is 0 Å². The molecule has 20 heavy (non-hydrogen) atoms. The molecule has 1 aromatic rings. The molecule has 0 N–H and O–H groups in total. The van der Waals surface area contributed by atoms with Crippen LogP contribution in [-0.2, 0) is 9.53 Å². The predicted molar refractivity (Wildman–Crippen MR) is 75.4 cm³/mol. The van der Waals surface area contributed by atoms with Gasteiger partial charge in [-0.3, -0.25) is 9.69 Å². The summed E-state index contributed by atoms with van der Waals surface area (Å²) in [6.07, 6.45) is 0. The monoisotopic (exact) mass is 276 g/mol. The molecule has 5 heteroatoms. The van der Waals surface area contributed by atoms with Crippen molar-refractivity contribution >= 4 is 5.97 Å². The number of hydrogen-bond donors (Lipinski definition) is 0. The minimum Gasteiger partial charge on any atom is -0.492 e. The van der Waals surface area contributed by atoms with Gasteiger partial charge in [-0.2, -0.15) is 5.26 Å². The van der Waals surface area contributed by atoms with Crippen molar-refractivity contribution in [1.82, 2.24) is 4.90 Å². The highest BCUT2D eigenvalue weighted by Crippen LogP contribution is 2.11. The molecule has 0 fully saturated rings. The van der Waals surface area contributed by atoms with E-state index < -0.39 is 0 Å². The molecule has 0 atom stereocenters. The predicted octanol–water partition coefficient (Wildman–Crippen LogP) is 1.82. The Balaban J connectivity index is 2.33. The summed E-state index contributed by atoms with van der Waals surface area (Å²) in [7, 11) is 0. The van der Waals surface area contributed by atoms with E-state index in [-0.39, 0.29) is 12.5 Å². The van der Waals surface area contributed by atoms with Crippen LogP contribution in [0.2, 0.25) is 0 Å². The largest absolute Gasteiger partial charge is 0.492 e. The zero-order valence-corrected chi connectivity index (χ0v) is 12.0. The maximum Gasteiger partial charge on any atom is 0.320 e. The number of esters is 1. The Labute approximate surface area is 119 Å². The van der Waals surface area contributed by atoms with E-state index in [9.17, 15) is 4.79 Å². The van der Waals surface area contributed by atoms with Crippen LogP contribution in [0.3, 0.4) is 0 Å². The maximum absolute atomic E-state index is 11.4. The first-order valence-corrected chi connectivity index (χ1v) is 6.70. The quantitative estimate of drug-likeness (QED) is 0.678. The normalized spacial score (nSPS) is 10.1. The summed E-state index contributed by atoms with van der Waals surface area (Å²) in [5, 5.41) is 8.70. The molecule has 108 valence electrons. The third-order valence-electron chi connectivity index (χ3n) is 2.76. The van der Waals surface area contributed by atoms with Gasteiger partial charge in [0.2, 0.25) is 0 Å². The first-order chi connectivity index (χ1) is 9.69. The van der Waals surface area contributed by atoms with Crippen molar-refractivity contribution in [2.75, 3.05) is 32.8 Å². The average Bonchev–Trinajstić information content (AvgIpc) is 2.47. The molecule has 0 radical (unpaired) electrons. The molecule has 0 spiro atoms. The molecule has 0 aliphatic heterocycles. The number of hydrogen-bond acceptors (Lipinski definition) is 5. The zero-order chi connectivity index (χ0) is 14.8. The first-order valence-electron chi connectivity index (χ1n) is 6.70. The minimum absolute atomic E-state index is 0.215. The summed E-state index contributed by atoms with van der Waals surface area (Å²) in [6.45, 7) is 6.35. The third kappa shape index (κ3) is 5.72. The molecule has 1 rings (SSSR count). The molecule has 0 unspecified atom stereocenters. The lowest BCUT2D eigenvalue weighted by Gasteiger charge is -2.19. The van der Waals surface area contributed by atoms with Gasteiger partial charge in [0.05, 0.1) is 24.8 Å². The number of carbonyl (C=O) groups excluding carboxylic acids is 1. The first kappa shape index (κ1) is 16.0. The van der Waals surface area contributed by atoms with E-state index in [2.05, 4.69) is 6.07 Å². The van der Waals surface area contributed by atoms with Gasteiger partial charge in [-0.25, -0.2) is 0 Å². The fourth-order valence-corrected chi connectivity index (χ4v) is 1.66. The van der Waals surface area contributed by atoms with Crippen LogP contribution in [0.15, 0.2) is 24.3 Å². The Kier molecular flexibility index (Phi) is 7.15. The number of nitriles is 1. The van der Waals surface area contributed by atoms with E-state index in [4.69, 9.17) is 14.7 Å². The van der Waals surface area contributed by atoms with E-state index in [1.54, 1.807) is 31.2 Å². The van der Waals surface area contributed by atoms with Gasteiger partial charge in [0, 0.05) is 6.54 Å². The second kappa shape index (κ2) is 8.94. The Morgan fingerprint density at radius 1 is 1.30 bits per heavy atom. The van der Waals surface area contributed by atoms with Crippen LogP contribution in [0.4, 0.5) is 0 Å². The number of rotatable bonds is 8. The molecule has 0 saturated heterocycles. The number of benzene rings is 1. The van der Waals surface area contributed by atoms with E-state index >= 15 is 0 Å². The molecular formula is C15H20N2O3. The van der Waals surface area contributed by atoms with Gasteiger partial charge < -0.3 is 9.47 Å². The lowest BCUT2D eigenvalue weighted by atomic mass is 10.2. The summed E-state index contributed by atoms with van der Waals surface area (Å²) < 4.78 is 10.5. The summed E-state index contributed by atoms with van der Waals surface area (Å²) in [5.74, 6) is 0.504. The van der Waals surface area contributed by atoms with Crippen LogP contribution >= 0.6 is 0 Å². The molecular weight excluding hydrogens is 256 g/mol. The fourth-order valence-electron chi connectivity index (χ4n) is 1.66. The van der Waals surface area contributed by atoms with Crippen LogP contribution in [0.5, 0.6) is 5.75 Å². The number of carbonyl (C=O) groups is 1. The minimum atomic E-state index is -0.215. The van der Waals surface area contributed by atoms with Gasteiger partial charge in [0.1, 0.15) is 12.4 Å². The number of nitrogens with zero attached hydrogens (tertiary/aromatic N) is 2. The maximum atomic E-state index is 11.4. The van der Waals surface area contributed by atoms with Gasteiger partial charge in [-0.05, 0) is 37.7 Å². The second-order valence-corrected chi connectivity index (χ2v) is 4.16. The molecule has 0 amide bonds. The van der Waals surface area contributed by atoms with Crippen molar-refractivity contribution < 1.29 is 14.3 Å². The van der Waals surface area contributed by atoms with E-state index in [0.717, 1.165) is 12.3 Å². The molecule has 0 aliphatic rings. The fraction of sp³-hybridized carbons (Fsp3) is 0.467. The third-order valence-corrected chi connectivity index (χ3v) is 2.76. The molecule has 0 bridgehead atoms. The van der Waals surface area contributed by atoms with Crippen molar-refractivity contribution in [2.45, 2.75) is 13.8 Å². The molecule has 0 aliphatic carbocycles. The van der Waals surface area contributed by atoms with Crippen LogP contribution in [-0.4, -0.2) is 43.7 Å². The van der Waals surface area contributed by atoms with E-state index in [1.165, 1.54) is 0 Å². The molecule has 1 aromatic carbocycles. The summed E-state index contributed by atoms with van der Waals surface area (Å²) in [4.78, 5) is 13.3. The summed E-state index contributed by atoms with van der Waals surface area (Å²) >= 11 is 0. The standard InChI is InChI=1S/C15H20N2O3/c1-3-17(12-15(18)19-4-2)9-10-20-14-7-5-13(11-16)6-8-14/h5-8H,3-4,9-10,12H2,1-2H3. The zero-order valence-electron chi connectivity index (χ0n) is 12.0. The topological polar surface area (TPSA) is 62.6 Å². The van der Waals surface area contributed by atoms with Gasteiger partial charge in [-0.15, -0.1) is 0 Å². The van der Waals surface area contributed by atoms with E-state index in [0.29, 0.717) is 25.3 Å². The van der Waals surface area contributed by atoms with Crippen LogP contribution in [0.1, 0.15) is 19.4 Å². The van der Waals surface area contributed by atoms with Crippen LogP contribution < -0.4 is 4.74 Å². The smallest absolute Gasteiger partial charge is 0.320 e. The Hall–Kier alpha value is -2.06. The number of ether oxygens (including phenoxy) is 2. The lowest BCUT2D eigenvalue weighted by molar-refractivity contribution is -0.144. The Bertz CT molecular complexity index is 451. The average molecular weight is 276 g/mol. The van der Waals surface area contributed by atoms with Gasteiger partial charge >= 0.3 is 5.97 Å².